The van der Waals surface area contributed by atoms with Gasteiger partial charge in [0.25, 0.3) is 0 Å². The van der Waals surface area contributed by atoms with E-state index in [9.17, 15) is 4.39 Å². The van der Waals surface area contributed by atoms with Gasteiger partial charge in [-0.3, -0.25) is 0 Å². The molecule has 28 heavy (non-hydrogen) atoms. The average molecular weight is 391 g/mol. The van der Waals surface area contributed by atoms with Crippen molar-refractivity contribution in [1.29, 1.82) is 0 Å². The molecule has 1 aromatic heterocycles. The van der Waals surface area contributed by atoms with Crippen LogP contribution in [0.4, 0.5) is 10.1 Å². The molecular formula is C24H23FN2S. The summed E-state index contributed by atoms with van der Waals surface area (Å²) in [6, 6.07) is 9.68. The van der Waals surface area contributed by atoms with Crippen molar-refractivity contribution in [3.63, 3.8) is 0 Å². The van der Waals surface area contributed by atoms with Crippen LogP contribution in [-0.2, 0) is 0 Å². The molecule has 2 aromatic rings. The molecule has 4 rings (SSSR count). The van der Waals surface area contributed by atoms with E-state index in [1.165, 1.54) is 62.8 Å². The minimum atomic E-state index is -0.501. The third kappa shape index (κ3) is 4.93. The summed E-state index contributed by atoms with van der Waals surface area (Å²) in [7, 11) is 0. The van der Waals surface area contributed by atoms with Crippen LogP contribution >= 0.6 is 12.2 Å². The molecule has 1 heterocycles. The highest BCUT2D eigenvalue weighted by atomic mass is 32.1. The van der Waals surface area contributed by atoms with Crippen LogP contribution in [0.25, 0.3) is 0 Å². The van der Waals surface area contributed by atoms with Crippen molar-refractivity contribution < 1.29 is 4.39 Å². The number of benzene rings is 1. The van der Waals surface area contributed by atoms with Crippen LogP contribution in [-0.4, -0.2) is 10.1 Å². The van der Waals surface area contributed by atoms with E-state index in [0.717, 1.165) is 17.4 Å². The molecule has 142 valence electrons. The summed E-state index contributed by atoms with van der Waals surface area (Å²) in [5.74, 6) is 7.97. The van der Waals surface area contributed by atoms with Gasteiger partial charge in [-0.25, -0.2) is 9.37 Å². The van der Waals surface area contributed by atoms with E-state index in [2.05, 4.69) is 51.3 Å². The Kier molecular flexibility index (Phi) is 5.95. The molecule has 2 saturated carbocycles. The third-order valence-electron chi connectivity index (χ3n) is 5.92. The first-order chi connectivity index (χ1) is 13.7. The molecule has 0 bridgehead atoms. The smallest absolute Gasteiger partial charge is 0.159 e. The first-order valence-electron chi connectivity index (χ1n) is 10.1. The molecule has 1 aromatic carbocycles. The number of rotatable bonds is 4. The van der Waals surface area contributed by atoms with Gasteiger partial charge in [-0.2, -0.15) is 4.99 Å². The van der Waals surface area contributed by atoms with Crippen LogP contribution in [0.15, 0.2) is 41.5 Å². The zero-order valence-electron chi connectivity index (χ0n) is 15.8. The summed E-state index contributed by atoms with van der Waals surface area (Å²) >= 11 is 4.51. The van der Waals surface area contributed by atoms with Crippen LogP contribution in [0.5, 0.6) is 0 Å². The van der Waals surface area contributed by atoms with Gasteiger partial charge < -0.3 is 0 Å². The average Bonchev–Trinajstić information content (AvgIpc) is 3.53. The number of hydrogen-bond acceptors (Lipinski definition) is 3. The van der Waals surface area contributed by atoms with Crippen LogP contribution in [0, 0.1) is 29.5 Å². The summed E-state index contributed by atoms with van der Waals surface area (Å²) < 4.78 is 14.0. The maximum Gasteiger partial charge on any atom is 0.159 e. The fourth-order valence-corrected chi connectivity index (χ4v) is 4.27. The van der Waals surface area contributed by atoms with E-state index in [1.807, 2.05) is 12.1 Å². The lowest BCUT2D eigenvalue weighted by molar-refractivity contribution is 0.299. The molecule has 0 radical (unpaired) electrons. The van der Waals surface area contributed by atoms with E-state index in [-0.39, 0.29) is 5.69 Å². The quantitative estimate of drug-likeness (QED) is 0.341. The number of aliphatic imine (C=N–C) groups is 1. The molecule has 0 N–H and O–H groups in total. The van der Waals surface area contributed by atoms with E-state index < -0.39 is 5.82 Å². The summed E-state index contributed by atoms with van der Waals surface area (Å²) in [6.07, 6.45) is 11.2. The van der Waals surface area contributed by atoms with Gasteiger partial charge in [0.15, 0.2) is 5.82 Å². The number of isothiocyanates is 1. The predicted octanol–water partition coefficient (Wildman–Crippen LogP) is 6.43. The number of hydrogen-bond donors (Lipinski definition) is 0. The van der Waals surface area contributed by atoms with Crippen molar-refractivity contribution in [2.75, 3.05) is 0 Å². The highest BCUT2D eigenvalue weighted by Crippen LogP contribution is 2.43. The summed E-state index contributed by atoms with van der Waals surface area (Å²) in [5, 5.41) is 2.20. The Labute approximate surface area is 171 Å². The van der Waals surface area contributed by atoms with Crippen molar-refractivity contribution in [2.45, 2.75) is 50.9 Å². The molecule has 2 aliphatic rings. The second-order valence-electron chi connectivity index (χ2n) is 8.00. The lowest BCUT2D eigenvalue weighted by atomic mass is 9.77. The molecule has 0 amide bonds. The fraction of sp³-hybridized carbons (Fsp3) is 0.417. The van der Waals surface area contributed by atoms with E-state index in [4.69, 9.17) is 0 Å². The largest absolute Gasteiger partial charge is 0.242 e. The highest BCUT2D eigenvalue weighted by Gasteiger charge is 2.28. The first-order valence-corrected chi connectivity index (χ1v) is 10.5. The predicted molar refractivity (Wildman–Crippen MR) is 113 cm³/mol. The van der Waals surface area contributed by atoms with Crippen LogP contribution in [0.1, 0.15) is 67.7 Å². The van der Waals surface area contributed by atoms with Crippen molar-refractivity contribution >= 4 is 23.1 Å². The number of nitrogens with zero attached hydrogens (tertiary/aromatic N) is 2. The summed E-state index contributed by atoms with van der Waals surface area (Å²) in [6.45, 7) is 0. The van der Waals surface area contributed by atoms with Crippen molar-refractivity contribution in [2.24, 2.45) is 16.8 Å². The third-order valence-corrected chi connectivity index (χ3v) is 6.01. The van der Waals surface area contributed by atoms with Crippen LogP contribution in [0.2, 0.25) is 0 Å². The van der Waals surface area contributed by atoms with Gasteiger partial charge in [0.2, 0.25) is 0 Å². The van der Waals surface area contributed by atoms with Crippen molar-refractivity contribution in [3.8, 4) is 11.8 Å². The highest BCUT2D eigenvalue weighted by molar-refractivity contribution is 7.78. The van der Waals surface area contributed by atoms with Crippen LogP contribution in [0.3, 0.4) is 0 Å². The topological polar surface area (TPSA) is 25.2 Å². The second-order valence-corrected chi connectivity index (χ2v) is 8.18. The normalized spacial score (nSPS) is 21.3. The van der Waals surface area contributed by atoms with Gasteiger partial charge in [-0.1, -0.05) is 30.9 Å². The minimum absolute atomic E-state index is 0.112. The van der Waals surface area contributed by atoms with Gasteiger partial charge in [0.05, 0.1) is 17.0 Å². The lowest BCUT2D eigenvalue weighted by Crippen LogP contribution is -2.13. The zero-order chi connectivity index (χ0) is 19.3. The number of pyridine rings is 1. The van der Waals surface area contributed by atoms with Crippen molar-refractivity contribution in [1.82, 2.24) is 4.98 Å². The van der Waals surface area contributed by atoms with E-state index in [1.54, 1.807) is 0 Å². The standard InChI is InChI=1S/C24H23FN2S/c25-23-14-22(27-16-28)15-26-24(23)12-7-17-3-8-20(9-4-17)21-10-5-19(6-11-21)13-18-1-2-18/h3-4,8-9,14-15,18-19,21H,1-2,5-6,10-11,13H2. The molecule has 2 fully saturated rings. The summed E-state index contributed by atoms with van der Waals surface area (Å²) in [5.41, 5.74) is 2.73. The minimum Gasteiger partial charge on any atom is -0.242 e. The fourth-order valence-electron chi connectivity index (χ4n) is 4.16. The Bertz CT molecular complexity index is 939. The molecular weight excluding hydrogens is 367 g/mol. The van der Waals surface area contributed by atoms with Gasteiger partial charge in [0.1, 0.15) is 5.69 Å². The van der Waals surface area contributed by atoms with Crippen molar-refractivity contribution in [3.05, 3.63) is 59.2 Å². The molecule has 0 unspecified atom stereocenters. The van der Waals surface area contributed by atoms with Gasteiger partial charge in [0, 0.05) is 11.6 Å². The molecule has 0 atom stereocenters. The molecule has 0 saturated heterocycles. The van der Waals surface area contributed by atoms with E-state index >= 15 is 0 Å². The Morgan fingerprint density at radius 1 is 1.00 bits per heavy atom. The van der Waals surface area contributed by atoms with E-state index in [0.29, 0.717) is 11.6 Å². The van der Waals surface area contributed by atoms with Gasteiger partial charge >= 0.3 is 0 Å². The molecule has 0 aliphatic heterocycles. The molecule has 0 spiro atoms. The van der Waals surface area contributed by atoms with Gasteiger partial charge in [-0.15, -0.1) is 0 Å². The monoisotopic (exact) mass is 390 g/mol. The number of aromatic nitrogens is 1. The number of halogens is 1. The maximum absolute atomic E-state index is 14.0. The zero-order valence-corrected chi connectivity index (χ0v) is 16.6. The molecule has 2 nitrogen and oxygen atoms in total. The maximum atomic E-state index is 14.0. The van der Waals surface area contributed by atoms with Gasteiger partial charge in [-0.05, 0) is 85.7 Å². The second kappa shape index (κ2) is 8.78. The Morgan fingerprint density at radius 3 is 2.29 bits per heavy atom. The first kappa shape index (κ1) is 19.0. The Hall–Kier alpha value is -2.34. The molecule has 4 heteroatoms. The number of thiocarbonyl (C=S) groups is 1. The lowest BCUT2D eigenvalue weighted by Gasteiger charge is -2.28. The Balaban J connectivity index is 1.37. The SMILES string of the molecule is Fc1cc(N=C=S)cnc1C#Cc1ccc(C2CCC(CC3CC3)CC2)cc1. The molecule has 2 aliphatic carbocycles. The summed E-state index contributed by atoms with van der Waals surface area (Å²) in [4.78, 5) is 7.72. The Morgan fingerprint density at radius 2 is 1.68 bits per heavy atom. The van der Waals surface area contributed by atoms with Crippen LogP contribution < -0.4 is 0 Å².